The molecule has 1 fully saturated rings. The Bertz CT molecular complexity index is 1010. The third kappa shape index (κ3) is 4.47. The number of amides is 2. The van der Waals surface area contributed by atoms with Gasteiger partial charge in [0.2, 0.25) is 5.91 Å². The monoisotopic (exact) mass is 425 g/mol. The molecule has 0 aliphatic carbocycles. The van der Waals surface area contributed by atoms with Gasteiger partial charge in [0.05, 0.1) is 11.9 Å². The number of carbonyl (C=O) groups is 2. The molecule has 1 unspecified atom stereocenters. The van der Waals surface area contributed by atoms with Crippen LogP contribution in [0.15, 0.2) is 59.1 Å². The molecule has 1 heterocycles. The van der Waals surface area contributed by atoms with E-state index in [-0.39, 0.29) is 22.3 Å². The molecular weight excluding hydrogens is 405 g/mol. The first-order valence-corrected chi connectivity index (χ1v) is 10.2. The fourth-order valence-electron chi connectivity index (χ4n) is 3.04. The smallest absolute Gasteiger partial charge is 0.264 e. The van der Waals surface area contributed by atoms with Crippen LogP contribution in [-0.4, -0.2) is 30.7 Å². The average molecular weight is 425 g/mol. The number of thioether (sulfide) groups is 1. The zero-order chi connectivity index (χ0) is 21.7. The number of nitrogens with one attached hydrogen (secondary N) is 1. The summed E-state index contributed by atoms with van der Waals surface area (Å²) in [4.78, 5) is 26.9. The van der Waals surface area contributed by atoms with E-state index in [1.165, 1.54) is 24.1 Å². The minimum Gasteiger partial charge on any atom is -0.494 e. The van der Waals surface area contributed by atoms with Crippen molar-refractivity contribution >= 4 is 29.3 Å². The van der Waals surface area contributed by atoms with Crippen LogP contribution in [0.5, 0.6) is 5.75 Å². The number of ether oxygens (including phenoxy) is 1. The molecule has 3 rings (SSSR count). The normalized spacial score (nSPS) is 17.5. The van der Waals surface area contributed by atoms with Crippen LogP contribution in [0.2, 0.25) is 0 Å². The fraction of sp³-hybridized carbons (Fsp3) is 0.227. The summed E-state index contributed by atoms with van der Waals surface area (Å²) in [5.41, 5.74) is 1.18. The second-order valence-electron chi connectivity index (χ2n) is 6.41. The van der Waals surface area contributed by atoms with Gasteiger partial charge >= 0.3 is 0 Å². The molecule has 154 valence electrons. The van der Waals surface area contributed by atoms with Crippen molar-refractivity contribution in [3.63, 3.8) is 0 Å². The van der Waals surface area contributed by atoms with Crippen molar-refractivity contribution in [3.8, 4) is 11.8 Å². The highest BCUT2D eigenvalue weighted by molar-refractivity contribution is 8.05. The number of hydrogen-bond donors (Lipinski definition) is 1. The highest BCUT2D eigenvalue weighted by Crippen LogP contribution is 2.42. The maximum atomic E-state index is 13.3. The molecule has 0 spiro atoms. The summed E-state index contributed by atoms with van der Waals surface area (Å²) in [6.07, 6.45) is 0.341. The fourth-order valence-corrected chi connectivity index (χ4v) is 4.35. The van der Waals surface area contributed by atoms with Crippen molar-refractivity contribution in [1.82, 2.24) is 5.32 Å². The van der Waals surface area contributed by atoms with E-state index in [1.807, 2.05) is 13.0 Å². The van der Waals surface area contributed by atoms with Gasteiger partial charge in [0, 0.05) is 12.7 Å². The van der Waals surface area contributed by atoms with Crippen LogP contribution in [0.4, 0.5) is 10.1 Å². The van der Waals surface area contributed by atoms with Crippen molar-refractivity contribution < 1.29 is 18.7 Å². The van der Waals surface area contributed by atoms with Crippen LogP contribution < -0.4 is 15.0 Å². The van der Waals surface area contributed by atoms with Crippen LogP contribution in [0.25, 0.3) is 0 Å². The van der Waals surface area contributed by atoms with Gasteiger partial charge in [-0.3, -0.25) is 14.5 Å². The van der Waals surface area contributed by atoms with Crippen LogP contribution in [0, 0.1) is 17.1 Å². The van der Waals surface area contributed by atoms with Gasteiger partial charge in [-0.1, -0.05) is 23.9 Å². The molecule has 1 saturated heterocycles. The summed E-state index contributed by atoms with van der Waals surface area (Å²) in [5.74, 6) is -0.515. The molecule has 6 nitrogen and oxygen atoms in total. The molecule has 0 bridgehead atoms. The van der Waals surface area contributed by atoms with E-state index in [4.69, 9.17) is 4.74 Å². The number of nitriles is 1. The van der Waals surface area contributed by atoms with Gasteiger partial charge in [-0.15, -0.1) is 0 Å². The minimum absolute atomic E-state index is 0.133. The van der Waals surface area contributed by atoms with Crippen LogP contribution >= 0.6 is 11.8 Å². The number of benzene rings is 2. The zero-order valence-corrected chi connectivity index (χ0v) is 17.3. The van der Waals surface area contributed by atoms with Crippen molar-refractivity contribution in [1.29, 1.82) is 5.26 Å². The lowest BCUT2D eigenvalue weighted by Crippen LogP contribution is -2.31. The Morgan fingerprint density at radius 2 is 1.90 bits per heavy atom. The van der Waals surface area contributed by atoms with Crippen LogP contribution in [0.3, 0.4) is 0 Å². The molecule has 2 aromatic carbocycles. The number of anilines is 1. The lowest BCUT2D eigenvalue weighted by Gasteiger charge is -2.19. The molecule has 2 amide bonds. The Labute approximate surface area is 178 Å². The molecule has 30 heavy (non-hydrogen) atoms. The second kappa shape index (κ2) is 9.46. The number of nitrogens with zero attached hydrogens (tertiary/aromatic N) is 2. The first kappa shape index (κ1) is 21.4. The third-order valence-corrected chi connectivity index (χ3v) is 5.74. The zero-order valence-electron chi connectivity index (χ0n) is 16.5. The van der Waals surface area contributed by atoms with Crippen LogP contribution in [-0.2, 0) is 16.0 Å². The number of halogens is 1. The molecular formula is C22H20FN3O3S. The van der Waals surface area contributed by atoms with Gasteiger partial charge in [0.15, 0.2) is 0 Å². The summed E-state index contributed by atoms with van der Waals surface area (Å²) in [6.45, 7) is 2.38. The first-order valence-electron chi connectivity index (χ1n) is 9.32. The SMILES string of the molecule is CCOc1ccc(N2C(=O)C(Cc3ccc(F)cc3)S/C2=C(/C#N)C(=O)NC)cc1. The summed E-state index contributed by atoms with van der Waals surface area (Å²) < 4.78 is 18.7. The average Bonchev–Trinajstić information content (AvgIpc) is 3.06. The lowest BCUT2D eigenvalue weighted by molar-refractivity contribution is -0.117. The summed E-state index contributed by atoms with van der Waals surface area (Å²) in [6, 6.07) is 14.7. The predicted octanol–water partition coefficient (Wildman–Crippen LogP) is 3.40. The van der Waals surface area contributed by atoms with Gasteiger partial charge < -0.3 is 10.1 Å². The Morgan fingerprint density at radius 3 is 2.47 bits per heavy atom. The highest BCUT2D eigenvalue weighted by atomic mass is 32.2. The van der Waals surface area contributed by atoms with Gasteiger partial charge in [-0.25, -0.2) is 4.39 Å². The second-order valence-corrected chi connectivity index (χ2v) is 7.60. The number of rotatable bonds is 6. The predicted molar refractivity (Wildman–Crippen MR) is 113 cm³/mol. The van der Waals surface area contributed by atoms with E-state index in [2.05, 4.69) is 5.32 Å². The Kier molecular flexibility index (Phi) is 6.75. The minimum atomic E-state index is -0.564. The van der Waals surface area contributed by atoms with Crippen LogP contribution in [0.1, 0.15) is 12.5 Å². The molecule has 1 aliphatic heterocycles. The standard InChI is InChI=1S/C22H20FN3O3S/c1-3-29-17-10-8-16(9-11-17)26-21(28)19(12-14-4-6-15(23)7-5-14)30-22(26)18(13-24)20(27)25-2/h4-11,19H,3,12H2,1-2H3,(H,25,27)/b22-18-. The maximum absolute atomic E-state index is 13.3. The first-order chi connectivity index (χ1) is 14.5. The maximum Gasteiger partial charge on any atom is 0.264 e. The van der Waals surface area contributed by atoms with E-state index < -0.39 is 11.2 Å². The molecule has 1 N–H and O–H groups in total. The summed E-state index contributed by atoms with van der Waals surface area (Å²) >= 11 is 1.16. The largest absolute Gasteiger partial charge is 0.494 e. The molecule has 0 aromatic heterocycles. The van der Waals surface area contributed by atoms with Gasteiger partial charge in [-0.05, 0) is 55.3 Å². The van der Waals surface area contributed by atoms with E-state index in [1.54, 1.807) is 36.4 Å². The van der Waals surface area contributed by atoms with Crippen molar-refractivity contribution in [3.05, 3.63) is 70.5 Å². The summed E-state index contributed by atoms with van der Waals surface area (Å²) in [5, 5.41) is 11.7. The Balaban J connectivity index is 2.00. The third-order valence-electron chi connectivity index (χ3n) is 4.47. The highest BCUT2D eigenvalue weighted by Gasteiger charge is 2.40. The molecule has 1 aliphatic rings. The molecule has 0 radical (unpaired) electrons. The quantitative estimate of drug-likeness (QED) is 0.567. The lowest BCUT2D eigenvalue weighted by atomic mass is 10.1. The number of hydrogen-bond acceptors (Lipinski definition) is 5. The van der Waals surface area contributed by atoms with E-state index in [9.17, 15) is 19.2 Å². The molecule has 0 saturated carbocycles. The van der Waals surface area contributed by atoms with E-state index >= 15 is 0 Å². The molecule has 8 heteroatoms. The summed E-state index contributed by atoms with van der Waals surface area (Å²) in [7, 11) is 1.43. The van der Waals surface area contributed by atoms with Gasteiger partial charge in [0.1, 0.15) is 28.2 Å². The van der Waals surface area contributed by atoms with Gasteiger partial charge in [-0.2, -0.15) is 5.26 Å². The van der Waals surface area contributed by atoms with E-state index in [0.29, 0.717) is 24.5 Å². The Morgan fingerprint density at radius 1 is 1.23 bits per heavy atom. The van der Waals surface area contributed by atoms with Crippen molar-refractivity contribution in [2.75, 3.05) is 18.6 Å². The van der Waals surface area contributed by atoms with Crippen molar-refractivity contribution in [2.45, 2.75) is 18.6 Å². The topological polar surface area (TPSA) is 82.4 Å². The number of likely N-dealkylation sites (N-methyl/N-ethyl adjacent to an activating group) is 1. The van der Waals surface area contributed by atoms with E-state index in [0.717, 1.165) is 17.3 Å². The Hall–Kier alpha value is -3.31. The van der Waals surface area contributed by atoms with Crippen molar-refractivity contribution in [2.24, 2.45) is 0 Å². The molecule has 2 aromatic rings. The van der Waals surface area contributed by atoms with Gasteiger partial charge in [0.25, 0.3) is 5.91 Å². The molecule has 1 atom stereocenters. The number of carbonyl (C=O) groups excluding carboxylic acids is 2.